The highest BCUT2D eigenvalue weighted by Gasteiger charge is 2.36. The molecule has 3 aliphatic heterocycles. The Morgan fingerprint density at radius 3 is 1.32 bits per heavy atom. The van der Waals surface area contributed by atoms with Gasteiger partial charge in [0.1, 0.15) is 0 Å². The molecular weight excluding hydrogens is 641 g/mol. The second-order valence-electron chi connectivity index (χ2n) is 13.7. The van der Waals surface area contributed by atoms with Crippen molar-refractivity contribution in [3.63, 3.8) is 0 Å². The SMILES string of the molecule is C.C.CC.Cn1c2ccccc2c2ccc3c(c21)Cc1ccccc1-3.c1cc2c3c(c1)Cc1cccc4c1N3c1c(cccc1C4)C2.c1ccccc1. The molecule has 0 unspecified atom stereocenters. The molecule has 2 heteroatoms. The highest BCUT2D eigenvalue weighted by molar-refractivity contribution is 6.11. The molecule has 7 aromatic carbocycles. The van der Waals surface area contributed by atoms with Crippen LogP contribution in [0.1, 0.15) is 73.2 Å². The number of hydrogen-bond donors (Lipinski definition) is 0. The van der Waals surface area contributed by atoms with E-state index in [1.54, 1.807) is 0 Å². The summed E-state index contributed by atoms with van der Waals surface area (Å²) >= 11 is 0. The van der Waals surface area contributed by atoms with Crippen LogP contribution >= 0.6 is 0 Å². The summed E-state index contributed by atoms with van der Waals surface area (Å²) in [5.41, 5.74) is 21.7. The van der Waals surface area contributed by atoms with Crippen molar-refractivity contribution < 1.29 is 0 Å². The smallest absolute Gasteiger partial charge is 0.0532 e. The number of hydrogen-bond acceptors (Lipinski definition) is 1. The van der Waals surface area contributed by atoms with Crippen molar-refractivity contribution in [1.29, 1.82) is 0 Å². The van der Waals surface area contributed by atoms with Crippen LogP contribution in [0.5, 0.6) is 0 Å². The van der Waals surface area contributed by atoms with Crippen molar-refractivity contribution >= 4 is 38.9 Å². The van der Waals surface area contributed by atoms with Gasteiger partial charge in [0.15, 0.2) is 0 Å². The van der Waals surface area contributed by atoms with Crippen LogP contribution in [0.2, 0.25) is 0 Å². The van der Waals surface area contributed by atoms with E-state index in [1.807, 2.05) is 50.2 Å². The maximum atomic E-state index is 2.57. The number of para-hydroxylation sites is 4. The molecule has 0 spiro atoms. The molecule has 0 amide bonds. The Kier molecular flexibility index (Phi) is 9.82. The van der Waals surface area contributed by atoms with E-state index in [-0.39, 0.29) is 14.9 Å². The minimum Gasteiger partial charge on any atom is -0.343 e. The van der Waals surface area contributed by atoms with Crippen LogP contribution in [-0.4, -0.2) is 4.57 Å². The van der Waals surface area contributed by atoms with Crippen LogP contribution in [0.3, 0.4) is 0 Å². The Bertz CT molecular complexity index is 2360. The van der Waals surface area contributed by atoms with Crippen molar-refractivity contribution in [2.75, 3.05) is 4.90 Å². The van der Waals surface area contributed by atoms with E-state index in [0.29, 0.717) is 0 Å². The van der Waals surface area contributed by atoms with Gasteiger partial charge in [-0.2, -0.15) is 0 Å². The van der Waals surface area contributed by atoms with Crippen molar-refractivity contribution in [1.82, 2.24) is 4.57 Å². The molecular formula is C51H50N2. The van der Waals surface area contributed by atoms with E-state index in [1.165, 1.54) is 94.5 Å². The highest BCUT2D eigenvalue weighted by atomic mass is 15.2. The molecule has 1 aliphatic carbocycles. The fourth-order valence-corrected chi connectivity index (χ4v) is 8.90. The van der Waals surface area contributed by atoms with Gasteiger partial charge in [-0.3, -0.25) is 0 Å². The second kappa shape index (κ2) is 14.6. The van der Waals surface area contributed by atoms with E-state index in [9.17, 15) is 0 Å². The lowest BCUT2D eigenvalue weighted by Crippen LogP contribution is -2.29. The molecule has 4 heterocycles. The minimum absolute atomic E-state index is 0. The summed E-state index contributed by atoms with van der Waals surface area (Å²) < 4.78 is 2.36. The van der Waals surface area contributed by atoms with Gasteiger partial charge in [0.05, 0.1) is 22.6 Å². The fraction of sp³-hybridized carbons (Fsp3) is 0.176. The number of aryl methyl sites for hydroxylation is 1. The molecule has 12 rings (SSSR count). The lowest BCUT2D eigenvalue weighted by Gasteiger charge is -2.44. The maximum absolute atomic E-state index is 2.57. The van der Waals surface area contributed by atoms with Gasteiger partial charge in [-0.05, 0) is 61.7 Å². The maximum Gasteiger partial charge on any atom is 0.0532 e. The predicted molar refractivity (Wildman–Crippen MR) is 229 cm³/mol. The number of rotatable bonds is 0. The van der Waals surface area contributed by atoms with E-state index < -0.39 is 0 Å². The number of anilines is 3. The number of fused-ring (bicyclic) bond motifs is 7. The summed E-state index contributed by atoms with van der Waals surface area (Å²) in [5, 5.41) is 2.73. The van der Waals surface area contributed by atoms with Crippen molar-refractivity contribution in [2.45, 2.75) is 54.4 Å². The second-order valence-corrected chi connectivity index (χ2v) is 13.7. The van der Waals surface area contributed by atoms with Crippen molar-refractivity contribution in [3.05, 3.63) is 196 Å². The Balaban J connectivity index is 0.000000133. The fourth-order valence-electron chi connectivity index (χ4n) is 8.90. The summed E-state index contributed by atoms with van der Waals surface area (Å²) in [4.78, 5) is 2.57. The zero-order chi connectivity index (χ0) is 34.5. The van der Waals surface area contributed by atoms with Crippen LogP contribution in [0.4, 0.5) is 17.1 Å². The summed E-state index contributed by atoms with van der Waals surface area (Å²) in [7, 11) is 2.19. The van der Waals surface area contributed by atoms with Gasteiger partial charge in [-0.15, -0.1) is 0 Å². The summed E-state index contributed by atoms with van der Waals surface area (Å²) in [6.07, 6.45) is 4.26. The number of nitrogens with zero attached hydrogens (tertiary/aromatic N) is 2. The highest BCUT2D eigenvalue weighted by Crippen LogP contribution is 2.55. The monoisotopic (exact) mass is 690 g/mol. The van der Waals surface area contributed by atoms with E-state index in [4.69, 9.17) is 0 Å². The van der Waals surface area contributed by atoms with Gasteiger partial charge in [0, 0.05) is 49.0 Å². The Morgan fingerprint density at radius 2 is 0.811 bits per heavy atom. The van der Waals surface area contributed by atoms with Gasteiger partial charge >= 0.3 is 0 Å². The number of aromatic nitrogens is 1. The molecule has 0 saturated carbocycles. The van der Waals surface area contributed by atoms with Crippen LogP contribution < -0.4 is 4.90 Å². The van der Waals surface area contributed by atoms with Gasteiger partial charge < -0.3 is 9.47 Å². The Hall–Kier alpha value is -5.86. The molecule has 0 N–H and O–H groups in total. The zero-order valence-electron chi connectivity index (χ0n) is 29.7. The molecule has 0 fully saturated rings. The average molecular weight is 691 g/mol. The van der Waals surface area contributed by atoms with Crippen LogP contribution in [0, 0.1) is 0 Å². The standard InChI is InChI=1S/C21H15N.C20H15N.C6H6.C2H6.2CH4/c1-4-13-10-15-6-2-8-17-12-18-9-3-7-16-11-14(5-1)19(13)22(20(15)17)21(16)18;1-21-19-9-5-4-8-16(19)17-11-10-15-14-7-3-2-6-13(14)12-18(15)20(17)21;1-2-4-6-5-3-1;1-2;;/h1-9H,10-12H2;2-11H,12H2,1H3;1-6H;1-2H3;2*1H4. The molecule has 2 nitrogen and oxygen atoms in total. The topological polar surface area (TPSA) is 8.17 Å². The van der Waals surface area contributed by atoms with E-state index in [0.717, 1.165) is 25.7 Å². The largest absolute Gasteiger partial charge is 0.343 e. The molecule has 0 radical (unpaired) electrons. The molecule has 0 bridgehead atoms. The molecule has 53 heavy (non-hydrogen) atoms. The summed E-state index contributed by atoms with van der Waals surface area (Å²) in [6, 6.07) is 54.5. The number of benzene rings is 7. The van der Waals surface area contributed by atoms with E-state index >= 15 is 0 Å². The first kappa shape index (κ1) is 35.5. The van der Waals surface area contributed by atoms with Crippen LogP contribution in [0.15, 0.2) is 152 Å². The first-order valence-electron chi connectivity index (χ1n) is 18.4. The first-order valence-corrected chi connectivity index (χ1v) is 18.4. The summed E-state index contributed by atoms with van der Waals surface area (Å²) in [6.45, 7) is 4.00. The van der Waals surface area contributed by atoms with Gasteiger partial charge in [-0.1, -0.05) is 174 Å². The van der Waals surface area contributed by atoms with E-state index in [2.05, 4.69) is 132 Å². The minimum atomic E-state index is 0. The van der Waals surface area contributed by atoms with Crippen molar-refractivity contribution in [3.8, 4) is 11.1 Å². The zero-order valence-corrected chi connectivity index (χ0v) is 29.7. The van der Waals surface area contributed by atoms with Crippen LogP contribution in [-0.2, 0) is 32.7 Å². The Morgan fingerprint density at radius 1 is 0.377 bits per heavy atom. The molecule has 4 aliphatic rings. The third kappa shape index (κ3) is 5.74. The predicted octanol–water partition coefficient (Wildman–Crippen LogP) is 13.8. The first-order chi connectivity index (χ1) is 25.2. The average Bonchev–Trinajstić information content (AvgIpc) is 3.72. The molecule has 0 atom stereocenters. The quantitative estimate of drug-likeness (QED) is 0.154. The van der Waals surface area contributed by atoms with Gasteiger partial charge in [0.25, 0.3) is 0 Å². The summed E-state index contributed by atoms with van der Waals surface area (Å²) in [5.74, 6) is 0. The lowest BCUT2D eigenvalue weighted by molar-refractivity contribution is 0.956. The van der Waals surface area contributed by atoms with Gasteiger partial charge in [-0.25, -0.2) is 0 Å². The third-order valence-electron chi connectivity index (χ3n) is 10.9. The van der Waals surface area contributed by atoms with Gasteiger partial charge in [0.2, 0.25) is 0 Å². The van der Waals surface area contributed by atoms with Crippen LogP contribution in [0.25, 0.3) is 32.9 Å². The third-order valence-corrected chi connectivity index (χ3v) is 10.9. The lowest BCUT2D eigenvalue weighted by atomic mass is 9.80. The molecule has 8 aromatic rings. The molecule has 264 valence electrons. The molecule has 0 saturated heterocycles. The normalized spacial score (nSPS) is 12.5. The molecule has 1 aromatic heterocycles. The Labute approximate surface area is 316 Å². The van der Waals surface area contributed by atoms with Crippen molar-refractivity contribution in [2.24, 2.45) is 7.05 Å².